The van der Waals surface area contributed by atoms with Crippen LogP contribution in [0.3, 0.4) is 0 Å². The topological polar surface area (TPSA) is 101 Å². The molecule has 1 N–H and O–H groups in total. The molecule has 1 amide bonds. The van der Waals surface area contributed by atoms with Crippen LogP contribution in [-0.2, 0) is 16.0 Å². The summed E-state index contributed by atoms with van der Waals surface area (Å²) >= 11 is 0. The molecule has 33 heavy (non-hydrogen) atoms. The van der Waals surface area contributed by atoms with E-state index in [1.807, 2.05) is 29.2 Å². The minimum Gasteiger partial charge on any atom is -0.493 e. The van der Waals surface area contributed by atoms with Crippen molar-refractivity contribution in [2.75, 3.05) is 53.0 Å². The van der Waals surface area contributed by atoms with Crippen molar-refractivity contribution in [2.24, 2.45) is 5.92 Å². The van der Waals surface area contributed by atoms with Crippen molar-refractivity contribution in [3.8, 4) is 17.1 Å². The molecular weight excluding hydrogens is 422 g/mol. The number of amides is 1. The van der Waals surface area contributed by atoms with Crippen LogP contribution in [0.5, 0.6) is 5.75 Å². The van der Waals surface area contributed by atoms with Crippen molar-refractivity contribution in [1.82, 2.24) is 25.0 Å². The molecule has 0 radical (unpaired) electrons. The zero-order valence-corrected chi connectivity index (χ0v) is 19.3. The monoisotopic (exact) mass is 455 g/mol. The van der Waals surface area contributed by atoms with Gasteiger partial charge in [-0.25, -0.2) is 0 Å². The number of ether oxygens (including phenoxy) is 2. The summed E-state index contributed by atoms with van der Waals surface area (Å²) in [6.45, 7) is 5.42. The third kappa shape index (κ3) is 6.39. The fraction of sp³-hybridized carbons (Fsp3) is 0.583. The number of H-pyrrole nitrogens is 1. The van der Waals surface area contributed by atoms with Crippen molar-refractivity contribution in [3.05, 3.63) is 40.3 Å². The Bertz CT molecular complexity index is 966. The normalized spacial score (nSPS) is 17.1. The Morgan fingerprint density at radius 1 is 1.12 bits per heavy atom. The van der Waals surface area contributed by atoms with E-state index < -0.39 is 0 Å². The van der Waals surface area contributed by atoms with E-state index in [1.165, 1.54) is 19.3 Å². The first kappa shape index (κ1) is 23.4. The van der Waals surface area contributed by atoms with E-state index in [0.717, 1.165) is 37.6 Å². The first-order valence-electron chi connectivity index (χ1n) is 11.8. The second-order valence-corrected chi connectivity index (χ2v) is 8.80. The van der Waals surface area contributed by atoms with Gasteiger partial charge in [-0.15, -0.1) is 10.2 Å². The summed E-state index contributed by atoms with van der Waals surface area (Å²) in [6, 6.07) is 7.50. The molecular formula is C24H33N5O4. The average molecular weight is 456 g/mol. The van der Waals surface area contributed by atoms with E-state index in [9.17, 15) is 9.59 Å². The molecule has 9 nitrogen and oxygen atoms in total. The minimum atomic E-state index is -0.303. The number of methoxy groups -OCH3 is 1. The number of benzene rings is 1. The molecule has 1 saturated heterocycles. The largest absolute Gasteiger partial charge is 0.493 e. The second-order valence-electron chi connectivity index (χ2n) is 8.80. The Balaban J connectivity index is 1.26. The summed E-state index contributed by atoms with van der Waals surface area (Å²) in [6.07, 6.45) is 4.33. The number of piperazine rings is 1. The number of aromatic nitrogens is 3. The molecule has 9 heteroatoms. The Hall–Kier alpha value is -2.78. The Kier molecular flexibility index (Phi) is 8.06. The predicted octanol–water partition coefficient (Wildman–Crippen LogP) is 1.73. The van der Waals surface area contributed by atoms with E-state index in [-0.39, 0.29) is 30.0 Å². The molecule has 1 aliphatic carbocycles. The molecule has 2 aromatic rings. The summed E-state index contributed by atoms with van der Waals surface area (Å²) in [5.41, 5.74) is 0.748. The highest BCUT2D eigenvalue weighted by Crippen LogP contribution is 2.27. The fourth-order valence-electron chi connectivity index (χ4n) is 4.06. The molecule has 1 aromatic carbocycles. The number of nitrogens with zero attached hydrogens (tertiary/aromatic N) is 4. The average Bonchev–Trinajstić information content (AvgIpc) is 2.81. The Morgan fingerprint density at radius 3 is 2.52 bits per heavy atom. The Morgan fingerprint density at radius 2 is 1.88 bits per heavy atom. The van der Waals surface area contributed by atoms with Gasteiger partial charge in [-0.2, -0.15) is 0 Å². The maximum Gasteiger partial charge on any atom is 0.273 e. The van der Waals surface area contributed by atoms with Gasteiger partial charge in [0.15, 0.2) is 5.82 Å². The van der Waals surface area contributed by atoms with Crippen LogP contribution in [0.1, 0.15) is 31.4 Å². The lowest BCUT2D eigenvalue weighted by atomic mass is 9.86. The highest BCUT2D eigenvalue weighted by Gasteiger charge is 2.21. The minimum absolute atomic E-state index is 0.0455. The van der Waals surface area contributed by atoms with Crippen LogP contribution < -0.4 is 10.3 Å². The van der Waals surface area contributed by atoms with Gasteiger partial charge in [0.1, 0.15) is 11.4 Å². The predicted molar refractivity (Wildman–Crippen MR) is 124 cm³/mol. The maximum absolute atomic E-state index is 12.6. The number of carbonyl (C=O) groups is 1. The number of rotatable bonds is 10. The van der Waals surface area contributed by atoms with Crippen LogP contribution in [-0.4, -0.2) is 83.9 Å². The third-order valence-corrected chi connectivity index (χ3v) is 6.52. The molecule has 0 bridgehead atoms. The zero-order chi connectivity index (χ0) is 23.0. The van der Waals surface area contributed by atoms with Crippen LogP contribution in [0.2, 0.25) is 0 Å². The number of aromatic amines is 1. The molecule has 178 valence electrons. The summed E-state index contributed by atoms with van der Waals surface area (Å²) in [7, 11) is 1.69. The molecule has 0 spiro atoms. The van der Waals surface area contributed by atoms with E-state index in [0.29, 0.717) is 31.4 Å². The summed E-state index contributed by atoms with van der Waals surface area (Å²) < 4.78 is 10.9. The van der Waals surface area contributed by atoms with Crippen molar-refractivity contribution >= 4 is 5.91 Å². The molecule has 1 aliphatic heterocycles. The number of nitrogens with one attached hydrogen (secondary N) is 1. The van der Waals surface area contributed by atoms with E-state index in [4.69, 9.17) is 9.47 Å². The molecule has 0 unspecified atom stereocenters. The fourth-order valence-corrected chi connectivity index (χ4v) is 4.06. The third-order valence-electron chi connectivity index (χ3n) is 6.52. The van der Waals surface area contributed by atoms with Crippen LogP contribution >= 0.6 is 0 Å². The lowest BCUT2D eigenvalue weighted by molar-refractivity contribution is -0.133. The van der Waals surface area contributed by atoms with Gasteiger partial charge in [0.25, 0.3) is 5.56 Å². The highest BCUT2D eigenvalue weighted by atomic mass is 16.5. The lowest BCUT2D eigenvalue weighted by Crippen LogP contribution is -2.49. The van der Waals surface area contributed by atoms with E-state index in [2.05, 4.69) is 20.1 Å². The quantitative estimate of drug-likeness (QED) is 0.582. The highest BCUT2D eigenvalue weighted by molar-refractivity contribution is 5.76. The molecule has 2 aliphatic rings. The summed E-state index contributed by atoms with van der Waals surface area (Å²) in [5, 5.41) is 8.28. The first-order valence-corrected chi connectivity index (χ1v) is 11.8. The number of carbonyl (C=O) groups excluding carboxylic acids is 1. The van der Waals surface area contributed by atoms with E-state index in [1.54, 1.807) is 7.11 Å². The molecule has 1 aromatic heterocycles. The number of hydrogen-bond acceptors (Lipinski definition) is 7. The smallest absolute Gasteiger partial charge is 0.273 e. The van der Waals surface area contributed by atoms with Gasteiger partial charge < -0.3 is 19.4 Å². The zero-order valence-electron chi connectivity index (χ0n) is 19.3. The summed E-state index contributed by atoms with van der Waals surface area (Å²) in [4.78, 5) is 32.0. The van der Waals surface area contributed by atoms with Crippen LogP contribution in [0, 0.1) is 5.92 Å². The molecule has 0 atom stereocenters. The molecule has 4 rings (SSSR count). The number of hydrogen-bond donors (Lipinski definition) is 1. The van der Waals surface area contributed by atoms with Gasteiger partial charge in [0.2, 0.25) is 5.91 Å². The summed E-state index contributed by atoms with van der Waals surface area (Å²) in [5.74, 6) is 1.95. The Labute approximate surface area is 194 Å². The van der Waals surface area contributed by atoms with Gasteiger partial charge in [-0.3, -0.25) is 14.5 Å². The first-order chi connectivity index (χ1) is 16.1. The van der Waals surface area contributed by atoms with Crippen LogP contribution in [0.25, 0.3) is 11.4 Å². The lowest BCUT2D eigenvalue weighted by Gasteiger charge is -2.34. The van der Waals surface area contributed by atoms with Gasteiger partial charge in [-0.1, -0.05) is 6.42 Å². The van der Waals surface area contributed by atoms with Crippen molar-refractivity contribution < 1.29 is 14.3 Å². The number of aryl methyl sites for hydroxylation is 1. The van der Waals surface area contributed by atoms with E-state index >= 15 is 0 Å². The van der Waals surface area contributed by atoms with Crippen molar-refractivity contribution in [1.29, 1.82) is 0 Å². The molecule has 1 saturated carbocycles. The molecule has 2 heterocycles. The SMILES string of the molecule is COCCN1CCN(C(=O)CCc2nnc(-c3ccc(OCC4CCC4)cc3)[nH]c2=O)CC1. The maximum atomic E-state index is 12.6. The van der Waals surface area contributed by atoms with Gasteiger partial charge in [-0.05, 0) is 43.0 Å². The van der Waals surface area contributed by atoms with Gasteiger partial charge >= 0.3 is 0 Å². The molecule has 2 fully saturated rings. The van der Waals surface area contributed by atoms with Crippen molar-refractivity contribution in [3.63, 3.8) is 0 Å². The van der Waals surface area contributed by atoms with Crippen LogP contribution in [0.15, 0.2) is 29.1 Å². The second kappa shape index (κ2) is 11.4. The van der Waals surface area contributed by atoms with Crippen LogP contribution in [0.4, 0.5) is 0 Å². The van der Waals surface area contributed by atoms with Gasteiger partial charge in [0, 0.05) is 58.2 Å². The standard InChI is InChI=1S/C24H33N5O4/c1-32-16-15-28-11-13-29(14-12-28)22(30)10-9-21-24(31)25-23(27-26-21)19-5-7-20(8-6-19)33-17-18-3-2-4-18/h5-8,18H,2-4,9-17H2,1H3,(H,25,27,31). The van der Waals surface area contributed by atoms with Crippen molar-refractivity contribution in [2.45, 2.75) is 32.1 Å². The van der Waals surface area contributed by atoms with Gasteiger partial charge in [0.05, 0.1) is 13.2 Å².